The normalized spacial score (nSPS) is 29.0. The van der Waals surface area contributed by atoms with Gasteiger partial charge in [0.25, 0.3) is 0 Å². The van der Waals surface area contributed by atoms with Gasteiger partial charge in [-0.1, -0.05) is 30.3 Å². The zero-order valence-corrected chi connectivity index (χ0v) is 13.5. The van der Waals surface area contributed by atoms with Crippen molar-refractivity contribution in [2.75, 3.05) is 6.54 Å². The highest BCUT2D eigenvalue weighted by molar-refractivity contribution is 5.20. The summed E-state index contributed by atoms with van der Waals surface area (Å²) in [6.07, 6.45) is 3.33. The molecule has 4 atom stereocenters. The number of nitrogens with one attached hydrogen (secondary N) is 1. The summed E-state index contributed by atoms with van der Waals surface area (Å²) in [5, 5.41) is 13.5. The first-order valence-electron chi connectivity index (χ1n) is 8.16. The van der Waals surface area contributed by atoms with Crippen LogP contribution >= 0.6 is 0 Å². The van der Waals surface area contributed by atoms with Crippen molar-refractivity contribution in [2.24, 2.45) is 0 Å². The monoisotopic (exact) mass is 291 g/mol. The van der Waals surface area contributed by atoms with Crippen LogP contribution in [0, 0.1) is 0 Å². The van der Waals surface area contributed by atoms with E-state index in [1.807, 2.05) is 13.0 Å². The number of hydrogen-bond donors (Lipinski definition) is 2. The predicted molar refractivity (Wildman–Crippen MR) is 86.5 cm³/mol. The molecule has 1 aliphatic rings. The molecule has 0 radical (unpaired) electrons. The third-order valence-electron chi connectivity index (χ3n) is 4.25. The summed E-state index contributed by atoms with van der Waals surface area (Å²) < 4.78 is 5.79. The minimum absolute atomic E-state index is 0.274. The van der Waals surface area contributed by atoms with Crippen LogP contribution < -0.4 is 5.32 Å². The zero-order chi connectivity index (χ0) is 15.2. The van der Waals surface area contributed by atoms with Crippen molar-refractivity contribution in [3.8, 4) is 0 Å². The van der Waals surface area contributed by atoms with Crippen LogP contribution in [0.15, 0.2) is 30.3 Å². The van der Waals surface area contributed by atoms with E-state index in [0.717, 1.165) is 25.8 Å². The van der Waals surface area contributed by atoms with Gasteiger partial charge >= 0.3 is 0 Å². The summed E-state index contributed by atoms with van der Waals surface area (Å²) in [6.45, 7) is 7.08. The van der Waals surface area contributed by atoms with Crippen LogP contribution in [0.3, 0.4) is 0 Å². The largest absolute Gasteiger partial charge is 0.393 e. The van der Waals surface area contributed by atoms with Crippen LogP contribution in [-0.4, -0.2) is 36.0 Å². The Bertz CT molecular complexity index is 397. The second-order valence-corrected chi connectivity index (χ2v) is 6.53. The smallest absolute Gasteiger partial charge is 0.0565 e. The Hall–Kier alpha value is -0.900. The Labute approximate surface area is 128 Å². The Morgan fingerprint density at radius 1 is 1.19 bits per heavy atom. The first-order chi connectivity index (χ1) is 10.0. The molecule has 1 aliphatic heterocycles. The van der Waals surface area contributed by atoms with E-state index in [0.29, 0.717) is 24.2 Å². The topological polar surface area (TPSA) is 41.5 Å². The molecule has 3 heteroatoms. The fourth-order valence-electron chi connectivity index (χ4n) is 3.36. The molecule has 1 aromatic carbocycles. The minimum atomic E-state index is -0.274. The van der Waals surface area contributed by atoms with E-state index < -0.39 is 0 Å². The number of rotatable bonds is 6. The standard InChI is InChI=1S/C18H29NO2/c1-13(20)9-17(16-7-5-4-6-8-16)12-19-18-10-14(2)21-15(3)11-18/h4-8,13-15,17-20H,9-12H2,1-3H3. The van der Waals surface area contributed by atoms with Crippen molar-refractivity contribution in [3.05, 3.63) is 35.9 Å². The predicted octanol–water partition coefficient (Wildman–Crippen LogP) is 3.09. The quantitative estimate of drug-likeness (QED) is 0.846. The average molecular weight is 291 g/mol. The summed E-state index contributed by atoms with van der Waals surface area (Å²) in [6, 6.07) is 11.0. The highest BCUT2D eigenvalue weighted by Crippen LogP contribution is 2.23. The Morgan fingerprint density at radius 3 is 2.38 bits per heavy atom. The second kappa shape index (κ2) is 7.92. The molecule has 3 nitrogen and oxygen atoms in total. The van der Waals surface area contributed by atoms with Gasteiger partial charge in [-0.05, 0) is 51.5 Å². The van der Waals surface area contributed by atoms with E-state index >= 15 is 0 Å². The van der Waals surface area contributed by atoms with Crippen LogP contribution in [0.1, 0.15) is 51.5 Å². The van der Waals surface area contributed by atoms with Crippen molar-refractivity contribution in [1.29, 1.82) is 0 Å². The zero-order valence-electron chi connectivity index (χ0n) is 13.5. The first kappa shape index (κ1) is 16.5. The van der Waals surface area contributed by atoms with Gasteiger partial charge in [0.05, 0.1) is 18.3 Å². The molecule has 4 unspecified atom stereocenters. The lowest BCUT2D eigenvalue weighted by molar-refractivity contribution is -0.0422. The maximum atomic E-state index is 9.76. The summed E-state index contributed by atoms with van der Waals surface area (Å²) in [5.74, 6) is 0.361. The highest BCUT2D eigenvalue weighted by atomic mass is 16.5. The van der Waals surface area contributed by atoms with E-state index in [1.165, 1.54) is 5.56 Å². The molecule has 1 aromatic rings. The molecule has 0 saturated carbocycles. The maximum Gasteiger partial charge on any atom is 0.0565 e. The van der Waals surface area contributed by atoms with E-state index in [2.05, 4.69) is 43.4 Å². The van der Waals surface area contributed by atoms with Crippen LogP contribution in [0.2, 0.25) is 0 Å². The molecule has 0 amide bonds. The summed E-state index contributed by atoms with van der Waals surface area (Å²) in [5.41, 5.74) is 1.30. The summed E-state index contributed by atoms with van der Waals surface area (Å²) in [4.78, 5) is 0. The van der Waals surface area contributed by atoms with Gasteiger partial charge in [-0.25, -0.2) is 0 Å². The SMILES string of the molecule is CC(O)CC(CNC1CC(C)OC(C)C1)c1ccccc1. The van der Waals surface area contributed by atoms with E-state index in [-0.39, 0.29) is 6.10 Å². The number of hydrogen-bond acceptors (Lipinski definition) is 3. The van der Waals surface area contributed by atoms with Crippen molar-refractivity contribution < 1.29 is 9.84 Å². The van der Waals surface area contributed by atoms with Crippen LogP contribution in [0.25, 0.3) is 0 Å². The van der Waals surface area contributed by atoms with Gasteiger partial charge in [0.2, 0.25) is 0 Å². The molecule has 0 aromatic heterocycles. The summed E-state index contributed by atoms with van der Waals surface area (Å²) in [7, 11) is 0. The molecule has 2 rings (SSSR count). The second-order valence-electron chi connectivity index (χ2n) is 6.53. The number of ether oxygens (including phenoxy) is 1. The number of benzene rings is 1. The number of aliphatic hydroxyl groups excluding tert-OH is 1. The Balaban J connectivity index is 1.93. The molecule has 1 saturated heterocycles. The van der Waals surface area contributed by atoms with Crippen LogP contribution in [-0.2, 0) is 4.74 Å². The minimum Gasteiger partial charge on any atom is -0.393 e. The van der Waals surface area contributed by atoms with Crippen molar-refractivity contribution in [3.63, 3.8) is 0 Å². The first-order valence-corrected chi connectivity index (χ1v) is 8.16. The van der Waals surface area contributed by atoms with Gasteiger partial charge in [0, 0.05) is 12.6 Å². The van der Waals surface area contributed by atoms with Gasteiger partial charge in [-0.3, -0.25) is 0 Å². The van der Waals surface area contributed by atoms with Gasteiger partial charge in [0.1, 0.15) is 0 Å². The number of aliphatic hydroxyl groups is 1. The molecule has 0 aliphatic carbocycles. The third-order valence-corrected chi connectivity index (χ3v) is 4.25. The molecule has 0 bridgehead atoms. The third kappa shape index (κ3) is 5.42. The van der Waals surface area contributed by atoms with Crippen LogP contribution in [0.5, 0.6) is 0 Å². The van der Waals surface area contributed by atoms with Gasteiger partial charge in [-0.15, -0.1) is 0 Å². The van der Waals surface area contributed by atoms with Gasteiger partial charge in [-0.2, -0.15) is 0 Å². The molecule has 0 spiro atoms. The summed E-state index contributed by atoms with van der Waals surface area (Å²) >= 11 is 0. The fourth-order valence-corrected chi connectivity index (χ4v) is 3.36. The molecule has 1 heterocycles. The van der Waals surface area contributed by atoms with Crippen molar-refractivity contribution in [2.45, 2.75) is 70.3 Å². The lowest BCUT2D eigenvalue weighted by Crippen LogP contribution is -2.42. The molecule has 21 heavy (non-hydrogen) atoms. The molecular formula is C18H29NO2. The van der Waals surface area contributed by atoms with Crippen molar-refractivity contribution >= 4 is 0 Å². The lowest BCUT2D eigenvalue weighted by atomic mass is 9.92. The van der Waals surface area contributed by atoms with E-state index in [4.69, 9.17) is 4.74 Å². The van der Waals surface area contributed by atoms with Crippen molar-refractivity contribution in [1.82, 2.24) is 5.32 Å². The van der Waals surface area contributed by atoms with E-state index in [9.17, 15) is 5.11 Å². The lowest BCUT2D eigenvalue weighted by Gasteiger charge is -2.33. The maximum absolute atomic E-state index is 9.76. The Morgan fingerprint density at radius 2 is 1.81 bits per heavy atom. The van der Waals surface area contributed by atoms with Gasteiger partial charge in [0.15, 0.2) is 0 Å². The average Bonchev–Trinajstić information content (AvgIpc) is 2.43. The molecular weight excluding hydrogens is 262 g/mol. The molecule has 118 valence electrons. The molecule has 2 N–H and O–H groups in total. The Kier molecular flexibility index (Phi) is 6.22. The van der Waals surface area contributed by atoms with Crippen LogP contribution in [0.4, 0.5) is 0 Å². The van der Waals surface area contributed by atoms with Gasteiger partial charge < -0.3 is 15.2 Å². The molecule has 1 fully saturated rings. The fraction of sp³-hybridized carbons (Fsp3) is 0.667. The highest BCUT2D eigenvalue weighted by Gasteiger charge is 2.25. The van der Waals surface area contributed by atoms with E-state index in [1.54, 1.807) is 0 Å².